The summed E-state index contributed by atoms with van der Waals surface area (Å²) in [6.07, 6.45) is -3.41. The maximum absolute atomic E-state index is 13.7. The van der Waals surface area contributed by atoms with Crippen molar-refractivity contribution in [3.05, 3.63) is 17.0 Å². The third-order valence-electron chi connectivity index (χ3n) is 4.35. The molecule has 0 aliphatic carbocycles. The number of nitrogens with zero attached hydrogens (tertiary/aromatic N) is 3. The third kappa shape index (κ3) is 5.16. The second kappa shape index (κ2) is 8.17. The van der Waals surface area contributed by atoms with Crippen molar-refractivity contribution in [1.82, 2.24) is 14.5 Å². The Labute approximate surface area is 167 Å². The van der Waals surface area contributed by atoms with E-state index in [2.05, 4.69) is 29.6 Å². The highest BCUT2D eigenvalue weighted by Crippen LogP contribution is 2.40. The molecule has 0 radical (unpaired) electrons. The van der Waals surface area contributed by atoms with Crippen molar-refractivity contribution in [3.8, 4) is 5.88 Å². The van der Waals surface area contributed by atoms with Crippen LogP contribution in [0.2, 0.25) is 31.0 Å². The molecule has 11 heteroatoms. The third-order valence-corrected chi connectivity index (χ3v) is 6.23. The van der Waals surface area contributed by atoms with E-state index >= 15 is 0 Å². The quantitative estimate of drug-likeness (QED) is 0.360. The molecule has 0 spiro atoms. The van der Waals surface area contributed by atoms with Crippen LogP contribution in [0.1, 0.15) is 12.0 Å². The van der Waals surface area contributed by atoms with Gasteiger partial charge in [-0.3, -0.25) is 0 Å². The molecule has 0 bridgehead atoms. The van der Waals surface area contributed by atoms with Gasteiger partial charge in [-0.2, -0.15) is 23.1 Å². The van der Waals surface area contributed by atoms with Gasteiger partial charge in [0, 0.05) is 27.3 Å². The Morgan fingerprint density at radius 1 is 1.32 bits per heavy atom. The van der Waals surface area contributed by atoms with Crippen LogP contribution in [0.15, 0.2) is 6.20 Å². The molecule has 6 nitrogen and oxygen atoms in total. The molecule has 1 aliphatic heterocycles. The molecule has 2 aromatic heterocycles. The summed E-state index contributed by atoms with van der Waals surface area (Å²) in [6, 6.07) is 0.907. The van der Waals surface area contributed by atoms with Crippen molar-refractivity contribution in [2.75, 3.05) is 19.8 Å². The molecule has 1 aliphatic rings. The van der Waals surface area contributed by atoms with Gasteiger partial charge in [-0.15, -0.1) is 0 Å². The van der Waals surface area contributed by atoms with Crippen LogP contribution >= 0.6 is 11.6 Å². The van der Waals surface area contributed by atoms with Crippen molar-refractivity contribution in [2.45, 2.75) is 51.1 Å². The van der Waals surface area contributed by atoms with E-state index < -0.39 is 19.8 Å². The first-order chi connectivity index (χ1) is 13.0. The van der Waals surface area contributed by atoms with Gasteiger partial charge in [-0.1, -0.05) is 19.6 Å². The van der Waals surface area contributed by atoms with Gasteiger partial charge in [0.1, 0.15) is 12.8 Å². The first-order valence-electron chi connectivity index (χ1n) is 9.00. The van der Waals surface area contributed by atoms with E-state index in [4.69, 9.17) is 25.8 Å². The number of halogens is 4. The maximum Gasteiger partial charge on any atom is 0.418 e. The Morgan fingerprint density at radius 3 is 2.68 bits per heavy atom. The van der Waals surface area contributed by atoms with E-state index in [-0.39, 0.29) is 35.0 Å². The molecule has 0 N–H and O–H groups in total. The number of rotatable bonds is 7. The molecule has 1 saturated heterocycles. The first kappa shape index (κ1) is 21.3. The van der Waals surface area contributed by atoms with E-state index in [0.717, 1.165) is 12.2 Å². The Balaban J connectivity index is 1.94. The average Bonchev–Trinajstić information content (AvgIpc) is 3.18. The number of hydrogen-bond donors (Lipinski definition) is 0. The zero-order chi connectivity index (χ0) is 20.5. The number of alkyl halides is 3. The zero-order valence-corrected chi connectivity index (χ0v) is 17.7. The summed E-state index contributed by atoms with van der Waals surface area (Å²) in [6.45, 7) is 7.80. The molecule has 1 fully saturated rings. The van der Waals surface area contributed by atoms with E-state index in [1.54, 1.807) is 0 Å². The van der Waals surface area contributed by atoms with E-state index in [9.17, 15) is 13.2 Å². The highest BCUT2D eigenvalue weighted by Gasteiger charge is 2.37. The molecule has 3 heterocycles. The highest BCUT2D eigenvalue weighted by molar-refractivity contribution is 6.76. The lowest BCUT2D eigenvalue weighted by molar-refractivity contribution is -0.136. The molecule has 1 atom stereocenters. The van der Waals surface area contributed by atoms with Crippen molar-refractivity contribution in [3.63, 3.8) is 0 Å². The van der Waals surface area contributed by atoms with Gasteiger partial charge in [-0.05, 0) is 17.6 Å². The van der Waals surface area contributed by atoms with Crippen molar-refractivity contribution in [1.29, 1.82) is 0 Å². The van der Waals surface area contributed by atoms with Crippen LogP contribution in [-0.2, 0) is 22.4 Å². The lowest BCUT2D eigenvalue weighted by atomic mass is 10.2. The van der Waals surface area contributed by atoms with Gasteiger partial charge in [-0.25, -0.2) is 0 Å². The normalized spacial score (nSPS) is 18.2. The molecule has 2 aromatic rings. The van der Waals surface area contributed by atoms with Crippen LogP contribution in [-0.4, -0.2) is 48.5 Å². The zero-order valence-electron chi connectivity index (χ0n) is 16.0. The van der Waals surface area contributed by atoms with Crippen LogP contribution in [0.4, 0.5) is 13.2 Å². The standard InChI is InChI=1S/C17H23ClF3N3O3Si/c1-28(2,3)7-6-26-10-24-8-12(17(19,20)21)13-14(24)22-16(18)23-15(13)27-11-4-5-25-9-11/h8,11H,4-7,9-10H2,1-3H3. The Kier molecular flexibility index (Phi) is 6.23. The Morgan fingerprint density at radius 2 is 2.07 bits per heavy atom. The van der Waals surface area contributed by atoms with Crippen LogP contribution in [0, 0.1) is 0 Å². The summed E-state index contributed by atoms with van der Waals surface area (Å²) < 4.78 is 58.8. The second-order valence-electron chi connectivity index (χ2n) is 7.96. The van der Waals surface area contributed by atoms with E-state index in [0.29, 0.717) is 26.2 Å². The van der Waals surface area contributed by atoms with E-state index in [1.807, 2.05) is 0 Å². The number of hydrogen-bond acceptors (Lipinski definition) is 5. The molecule has 28 heavy (non-hydrogen) atoms. The summed E-state index contributed by atoms with van der Waals surface area (Å²) >= 11 is 5.96. The van der Waals surface area contributed by atoms with Crippen molar-refractivity contribution < 1.29 is 27.4 Å². The predicted octanol–water partition coefficient (Wildman–Crippen LogP) is 4.58. The summed E-state index contributed by atoms with van der Waals surface area (Å²) in [7, 11) is -1.31. The first-order valence-corrected chi connectivity index (χ1v) is 13.1. The topological polar surface area (TPSA) is 58.4 Å². The van der Waals surface area contributed by atoms with Gasteiger partial charge in [0.15, 0.2) is 5.65 Å². The fourth-order valence-corrected chi connectivity index (χ4v) is 3.75. The maximum atomic E-state index is 13.7. The SMILES string of the molecule is C[Si](C)(C)CCOCn1cc(C(F)(F)F)c2c(OC3CCOC3)nc(Cl)nc21. The van der Waals surface area contributed by atoms with Crippen LogP contribution in [0.25, 0.3) is 11.0 Å². The number of ether oxygens (including phenoxy) is 3. The van der Waals surface area contributed by atoms with Crippen LogP contribution < -0.4 is 4.74 Å². The minimum absolute atomic E-state index is 0.0363. The molecule has 3 rings (SSSR count). The average molecular weight is 438 g/mol. The fourth-order valence-electron chi connectivity index (χ4n) is 2.83. The molecule has 1 unspecified atom stereocenters. The summed E-state index contributed by atoms with van der Waals surface area (Å²) in [5.41, 5.74) is -0.837. The molecule has 156 valence electrons. The fraction of sp³-hybridized carbons (Fsp3) is 0.647. The predicted molar refractivity (Wildman–Crippen MR) is 101 cm³/mol. The number of aromatic nitrogens is 3. The van der Waals surface area contributed by atoms with Gasteiger partial charge in [0.25, 0.3) is 0 Å². The Bertz CT molecular complexity index is 833. The minimum atomic E-state index is -4.59. The lowest BCUT2D eigenvalue weighted by Gasteiger charge is -2.16. The summed E-state index contributed by atoms with van der Waals surface area (Å²) in [4.78, 5) is 7.92. The lowest BCUT2D eigenvalue weighted by Crippen LogP contribution is -2.22. The second-order valence-corrected chi connectivity index (χ2v) is 13.9. The van der Waals surface area contributed by atoms with Gasteiger partial charge in [0.05, 0.1) is 24.2 Å². The Hall–Kier alpha value is -1.36. The number of fused-ring (bicyclic) bond motifs is 1. The molecule has 0 saturated carbocycles. The van der Waals surface area contributed by atoms with Gasteiger partial charge in [0.2, 0.25) is 11.2 Å². The minimum Gasteiger partial charge on any atom is -0.471 e. The molecular formula is C17H23ClF3N3O3Si. The van der Waals surface area contributed by atoms with Crippen molar-refractivity contribution in [2.24, 2.45) is 0 Å². The van der Waals surface area contributed by atoms with E-state index in [1.165, 1.54) is 4.57 Å². The van der Waals surface area contributed by atoms with Gasteiger partial charge < -0.3 is 18.8 Å². The summed E-state index contributed by atoms with van der Waals surface area (Å²) in [5, 5.41) is -0.394. The van der Waals surface area contributed by atoms with Crippen LogP contribution in [0.5, 0.6) is 5.88 Å². The monoisotopic (exact) mass is 437 g/mol. The highest BCUT2D eigenvalue weighted by atomic mass is 35.5. The summed E-state index contributed by atoms with van der Waals surface area (Å²) in [5.74, 6) is -0.182. The largest absolute Gasteiger partial charge is 0.471 e. The molecular weight excluding hydrogens is 415 g/mol. The van der Waals surface area contributed by atoms with Gasteiger partial charge >= 0.3 is 6.18 Å². The molecule has 0 amide bonds. The molecule has 0 aromatic carbocycles. The van der Waals surface area contributed by atoms with Crippen molar-refractivity contribution >= 4 is 30.7 Å². The smallest absolute Gasteiger partial charge is 0.418 e. The van der Waals surface area contributed by atoms with Crippen LogP contribution in [0.3, 0.4) is 0 Å².